The quantitative estimate of drug-likeness (QED) is 0.631. The zero-order chi connectivity index (χ0) is 25.2. The van der Waals surface area contributed by atoms with Gasteiger partial charge in [0.15, 0.2) is 21.4 Å². The van der Waals surface area contributed by atoms with E-state index in [1.54, 1.807) is 0 Å². The van der Waals surface area contributed by atoms with E-state index < -0.39 is 59.9 Å². The van der Waals surface area contributed by atoms with Gasteiger partial charge < -0.3 is 9.84 Å². The van der Waals surface area contributed by atoms with Gasteiger partial charge in [-0.2, -0.15) is 4.31 Å². The highest BCUT2D eigenvalue weighted by molar-refractivity contribution is 7.92. The molecule has 0 amide bonds. The van der Waals surface area contributed by atoms with E-state index in [1.165, 1.54) is 28.6 Å². The molecule has 1 saturated carbocycles. The Kier molecular flexibility index (Phi) is 6.15. The molecule has 2 heterocycles. The molecule has 2 fully saturated rings. The molecule has 4 atom stereocenters. The summed E-state index contributed by atoms with van der Waals surface area (Å²) < 4.78 is 89.5. The Morgan fingerprint density at radius 3 is 2.49 bits per heavy atom. The average Bonchev–Trinajstić information content (AvgIpc) is 2.82. The van der Waals surface area contributed by atoms with E-state index >= 15 is 4.39 Å². The zero-order valence-electron chi connectivity index (χ0n) is 18.5. The number of aliphatic hydroxyl groups is 1. The molecule has 0 bridgehead atoms. The van der Waals surface area contributed by atoms with Crippen molar-refractivity contribution in [3.63, 3.8) is 0 Å². The number of hydrogen-bond acceptors (Lipinski definition) is 6. The average molecular weight is 548 g/mol. The third-order valence-electron chi connectivity index (χ3n) is 7.67. The normalized spacial score (nSPS) is 30.0. The van der Waals surface area contributed by atoms with Crippen LogP contribution in [0.3, 0.4) is 0 Å². The number of hydrogen-bond donors (Lipinski definition) is 1. The first kappa shape index (κ1) is 24.9. The van der Waals surface area contributed by atoms with Crippen molar-refractivity contribution < 1.29 is 35.5 Å². The molecule has 1 saturated heterocycles. The zero-order valence-corrected chi connectivity index (χ0v) is 20.9. The Labute approximate surface area is 207 Å². The Bertz CT molecular complexity index is 1370. The van der Waals surface area contributed by atoms with Crippen molar-refractivity contribution in [1.82, 2.24) is 4.31 Å². The number of rotatable bonds is 4. The third kappa shape index (κ3) is 3.61. The van der Waals surface area contributed by atoms with Crippen LogP contribution in [-0.4, -0.2) is 57.8 Å². The minimum atomic E-state index is -4.32. The molecule has 0 radical (unpaired) electrons. The summed E-state index contributed by atoms with van der Waals surface area (Å²) in [4.78, 5) is -0.0856. The summed E-state index contributed by atoms with van der Waals surface area (Å²) in [5, 5.41) is 9.82. The number of benzene rings is 2. The largest absolute Gasteiger partial charge is 0.490 e. The molecule has 7 nitrogen and oxygen atoms in total. The lowest BCUT2D eigenvalue weighted by molar-refractivity contribution is 0.0186. The number of halogens is 3. The van der Waals surface area contributed by atoms with Crippen molar-refractivity contribution in [3.8, 4) is 5.75 Å². The molecule has 0 unspecified atom stereocenters. The lowest BCUT2D eigenvalue weighted by Gasteiger charge is -2.56. The lowest BCUT2D eigenvalue weighted by atomic mass is 9.64. The SMILES string of the molecule is O=S1(=O)CC[C@@H]2[C@@H](CC[C@@]3(S(=O)(=O)c4ccc(Cl)cc4)c4c(F)ccc(F)c4OC[C@@H]23)N1CCO. The predicted octanol–water partition coefficient (Wildman–Crippen LogP) is 3.10. The molecule has 190 valence electrons. The first-order valence-electron chi connectivity index (χ1n) is 11.3. The van der Waals surface area contributed by atoms with Crippen molar-refractivity contribution in [1.29, 1.82) is 0 Å². The Morgan fingerprint density at radius 1 is 1.11 bits per heavy atom. The van der Waals surface area contributed by atoms with E-state index in [9.17, 15) is 26.3 Å². The van der Waals surface area contributed by atoms with E-state index in [2.05, 4.69) is 0 Å². The molecule has 0 spiro atoms. The van der Waals surface area contributed by atoms with Gasteiger partial charge in [0.2, 0.25) is 10.0 Å². The minimum Gasteiger partial charge on any atom is -0.490 e. The molecular weight excluding hydrogens is 524 g/mol. The van der Waals surface area contributed by atoms with E-state index in [0.717, 1.165) is 12.1 Å². The molecule has 35 heavy (non-hydrogen) atoms. The van der Waals surface area contributed by atoms with Crippen LogP contribution in [0.2, 0.25) is 5.02 Å². The van der Waals surface area contributed by atoms with Gasteiger partial charge in [0.05, 0.1) is 29.4 Å². The highest BCUT2D eigenvalue weighted by atomic mass is 35.5. The van der Waals surface area contributed by atoms with Crippen molar-refractivity contribution in [2.75, 3.05) is 25.5 Å². The summed E-state index contributed by atoms with van der Waals surface area (Å²) in [6.07, 6.45) is 0.105. The first-order chi connectivity index (χ1) is 16.5. The van der Waals surface area contributed by atoms with Crippen LogP contribution in [0.5, 0.6) is 5.75 Å². The number of ether oxygens (including phenoxy) is 1. The summed E-state index contributed by atoms with van der Waals surface area (Å²) in [6.45, 7) is -0.720. The second-order valence-electron chi connectivity index (χ2n) is 9.21. The van der Waals surface area contributed by atoms with Crippen LogP contribution in [0.15, 0.2) is 41.3 Å². The maximum Gasteiger partial charge on any atom is 0.214 e. The fourth-order valence-corrected chi connectivity index (χ4v) is 10.6. The van der Waals surface area contributed by atoms with Crippen LogP contribution in [-0.2, 0) is 24.6 Å². The van der Waals surface area contributed by atoms with Gasteiger partial charge in [0.1, 0.15) is 10.6 Å². The van der Waals surface area contributed by atoms with Gasteiger partial charge in [-0.1, -0.05) is 11.6 Å². The van der Waals surface area contributed by atoms with E-state index in [0.29, 0.717) is 5.02 Å². The molecule has 3 aliphatic rings. The van der Waals surface area contributed by atoms with Crippen LogP contribution in [0.25, 0.3) is 0 Å². The van der Waals surface area contributed by atoms with E-state index in [1.807, 2.05) is 0 Å². The topological polar surface area (TPSA) is 101 Å². The molecule has 12 heteroatoms. The van der Waals surface area contributed by atoms with Gasteiger partial charge in [0, 0.05) is 23.5 Å². The number of aliphatic hydroxyl groups excluding tert-OH is 1. The van der Waals surface area contributed by atoms with Crippen LogP contribution in [0.1, 0.15) is 24.8 Å². The molecule has 5 rings (SSSR count). The van der Waals surface area contributed by atoms with Crippen LogP contribution in [0, 0.1) is 23.5 Å². The molecular formula is C23H24ClF2NO6S2. The maximum atomic E-state index is 15.5. The number of sulfonamides is 1. The molecule has 2 aromatic carbocycles. The number of sulfone groups is 1. The Morgan fingerprint density at radius 2 is 1.80 bits per heavy atom. The molecule has 2 aromatic rings. The monoisotopic (exact) mass is 547 g/mol. The summed E-state index contributed by atoms with van der Waals surface area (Å²) in [5.74, 6) is -3.76. The Hall–Kier alpha value is -1.79. The van der Waals surface area contributed by atoms with Gasteiger partial charge in [-0.3, -0.25) is 0 Å². The molecule has 2 aliphatic heterocycles. The molecule has 1 N–H and O–H groups in total. The summed E-state index contributed by atoms with van der Waals surface area (Å²) in [6, 6.07) is 6.74. The van der Waals surface area contributed by atoms with Gasteiger partial charge in [-0.25, -0.2) is 25.6 Å². The maximum absolute atomic E-state index is 15.5. The van der Waals surface area contributed by atoms with Gasteiger partial charge >= 0.3 is 0 Å². The van der Waals surface area contributed by atoms with Crippen molar-refractivity contribution in [2.45, 2.75) is 34.9 Å². The molecule has 1 aliphatic carbocycles. The lowest BCUT2D eigenvalue weighted by Crippen LogP contribution is -2.63. The van der Waals surface area contributed by atoms with Crippen molar-refractivity contribution >= 4 is 31.5 Å². The molecule has 0 aromatic heterocycles. The number of nitrogens with zero attached hydrogens (tertiary/aromatic N) is 1. The highest BCUT2D eigenvalue weighted by Gasteiger charge is 2.64. The number of fused-ring (bicyclic) bond motifs is 5. The van der Waals surface area contributed by atoms with Crippen LogP contribution >= 0.6 is 11.6 Å². The van der Waals surface area contributed by atoms with Gasteiger partial charge in [-0.15, -0.1) is 0 Å². The van der Waals surface area contributed by atoms with E-state index in [-0.39, 0.29) is 55.2 Å². The summed E-state index contributed by atoms with van der Waals surface area (Å²) >= 11 is 5.97. The smallest absolute Gasteiger partial charge is 0.214 e. The van der Waals surface area contributed by atoms with Crippen LogP contribution < -0.4 is 4.74 Å². The first-order valence-corrected chi connectivity index (χ1v) is 14.7. The Balaban J connectivity index is 1.74. The summed E-state index contributed by atoms with van der Waals surface area (Å²) in [5.41, 5.74) is -0.343. The summed E-state index contributed by atoms with van der Waals surface area (Å²) in [7, 11) is -7.97. The van der Waals surface area contributed by atoms with Gasteiger partial charge in [-0.05, 0) is 61.6 Å². The fraction of sp³-hybridized carbons (Fsp3) is 0.478. The third-order valence-corrected chi connectivity index (χ3v) is 12.4. The van der Waals surface area contributed by atoms with Crippen molar-refractivity contribution in [3.05, 3.63) is 58.6 Å². The predicted molar refractivity (Wildman–Crippen MR) is 124 cm³/mol. The van der Waals surface area contributed by atoms with Crippen molar-refractivity contribution in [2.24, 2.45) is 11.8 Å². The highest BCUT2D eigenvalue weighted by Crippen LogP contribution is 2.60. The number of β-amino-alcohol motifs (C(OH)–C–C–N with tert-alkyl or cyclic N) is 1. The standard InChI is InChI=1S/C23H24ClF2NO6S2/c24-14-1-3-15(4-2-14)35(31,32)23-9-7-20-16(8-12-34(29,30)27(20)10-11-28)17(23)13-33-22-19(26)6-5-18(25)21(22)23/h1-6,16-17,20,28H,7-13H2/t16-,17-,20+,23-/m0/s1. The minimum absolute atomic E-state index is 0.0856. The van der Waals surface area contributed by atoms with Crippen LogP contribution in [0.4, 0.5) is 8.78 Å². The second kappa shape index (κ2) is 8.65. The van der Waals surface area contributed by atoms with Gasteiger partial charge in [0.25, 0.3) is 0 Å². The fourth-order valence-electron chi connectivity index (χ4n) is 6.24. The second-order valence-corrected chi connectivity index (χ2v) is 13.9. The van der Waals surface area contributed by atoms with E-state index in [4.69, 9.17) is 16.3 Å².